The van der Waals surface area contributed by atoms with Crippen LogP contribution in [-0.4, -0.2) is 35.6 Å². The highest BCUT2D eigenvalue weighted by atomic mass is 35.5. The molecule has 0 spiro atoms. The minimum Gasteiger partial charge on any atom is -1.00 e. The Bertz CT molecular complexity index is 321. The normalized spacial score (nSPS) is 20.9. The Morgan fingerprint density at radius 2 is 2.20 bits per heavy atom. The monoisotopic (exact) mass is 247 g/mol. The van der Waals surface area contributed by atoms with Gasteiger partial charge >= 0.3 is 0 Å². The standard InChI is InChI=1S/C9H13ClN4.ClH/c1-7-6-11-4-5-14(7)9-8(10)12-2-3-13-9;/h2-3,7,11H,4-6H2,1H3;1H/p-1/t7-;/m1./s1. The van der Waals surface area contributed by atoms with Gasteiger partial charge in [-0.15, -0.1) is 0 Å². The van der Waals surface area contributed by atoms with E-state index < -0.39 is 0 Å². The molecule has 0 aromatic carbocycles. The van der Waals surface area contributed by atoms with Gasteiger partial charge in [0.2, 0.25) is 0 Å². The lowest BCUT2D eigenvalue weighted by atomic mass is 10.2. The van der Waals surface area contributed by atoms with Crippen molar-refractivity contribution in [1.82, 2.24) is 15.3 Å². The van der Waals surface area contributed by atoms with E-state index in [9.17, 15) is 0 Å². The predicted molar refractivity (Wildman–Crippen MR) is 56.7 cm³/mol. The summed E-state index contributed by atoms with van der Waals surface area (Å²) >= 11 is 5.99. The third-order valence-corrected chi connectivity index (χ3v) is 2.68. The second kappa shape index (κ2) is 5.49. The van der Waals surface area contributed by atoms with Gasteiger partial charge in [0, 0.05) is 38.1 Å². The zero-order valence-electron chi connectivity index (χ0n) is 8.45. The van der Waals surface area contributed by atoms with Crippen molar-refractivity contribution in [3.05, 3.63) is 17.5 Å². The highest BCUT2D eigenvalue weighted by Crippen LogP contribution is 2.22. The van der Waals surface area contributed by atoms with E-state index in [-0.39, 0.29) is 12.4 Å². The number of aromatic nitrogens is 2. The van der Waals surface area contributed by atoms with E-state index >= 15 is 0 Å². The molecule has 1 N–H and O–H groups in total. The summed E-state index contributed by atoms with van der Waals surface area (Å²) in [5.41, 5.74) is 0. The Hall–Kier alpha value is -0.580. The van der Waals surface area contributed by atoms with E-state index in [1.54, 1.807) is 12.4 Å². The molecular formula is C9H13Cl2N4-. The largest absolute Gasteiger partial charge is 1.00 e. The topological polar surface area (TPSA) is 41.0 Å². The first-order chi connectivity index (χ1) is 6.79. The van der Waals surface area contributed by atoms with Crippen molar-refractivity contribution in [2.24, 2.45) is 0 Å². The number of anilines is 1. The van der Waals surface area contributed by atoms with Crippen LogP contribution in [0.2, 0.25) is 5.15 Å². The molecule has 15 heavy (non-hydrogen) atoms. The molecule has 0 radical (unpaired) electrons. The third kappa shape index (κ3) is 2.71. The van der Waals surface area contributed by atoms with E-state index in [0.29, 0.717) is 11.2 Å². The third-order valence-electron chi connectivity index (χ3n) is 2.41. The summed E-state index contributed by atoms with van der Waals surface area (Å²) in [7, 11) is 0. The van der Waals surface area contributed by atoms with Crippen LogP contribution < -0.4 is 22.6 Å². The van der Waals surface area contributed by atoms with Gasteiger partial charge in [-0.1, -0.05) is 11.6 Å². The van der Waals surface area contributed by atoms with E-state index in [0.717, 1.165) is 25.5 Å². The highest BCUT2D eigenvalue weighted by Gasteiger charge is 2.21. The first-order valence-corrected chi connectivity index (χ1v) is 5.10. The molecular weight excluding hydrogens is 235 g/mol. The second-order valence-electron chi connectivity index (χ2n) is 3.42. The molecule has 0 aliphatic carbocycles. The van der Waals surface area contributed by atoms with Gasteiger partial charge in [0.25, 0.3) is 0 Å². The van der Waals surface area contributed by atoms with Crippen LogP contribution in [0, 0.1) is 0 Å². The van der Waals surface area contributed by atoms with E-state index in [1.165, 1.54) is 0 Å². The van der Waals surface area contributed by atoms with Crippen molar-refractivity contribution in [1.29, 1.82) is 0 Å². The fourth-order valence-electron chi connectivity index (χ4n) is 1.66. The molecule has 1 fully saturated rings. The maximum absolute atomic E-state index is 5.99. The molecule has 0 bridgehead atoms. The summed E-state index contributed by atoms with van der Waals surface area (Å²) in [6.07, 6.45) is 3.29. The average molecular weight is 248 g/mol. The zero-order chi connectivity index (χ0) is 9.97. The van der Waals surface area contributed by atoms with Crippen LogP contribution in [0.1, 0.15) is 6.92 Å². The SMILES string of the molecule is C[C@@H]1CNCCN1c1nccnc1Cl.[Cl-]. The van der Waals surface area contributed by atoms with Gasteiger partial charge in [-0.05, 0) is 6.92 Å². The number of hydrogen-bond donors (Lipinski definition) is 1. The van der Waals surface area contributed by atoms with Crippen LogP contribution >= 0.6 is 11.6 Å². The molecule has 2 heterocycles. The number of rotatable bonds is 1. The van der Waals surface area contributed by atoms with Gasteiger partial charge in [0.05, 0.1) is 0 Å². The number of piperazine rings is 1. The van der Waals surface area contributed by atoms with Crippen molar-refractivity contribution < 1.29 is 12.4 Å². The number of hydrogen-bond acceptors (Lipinski definition) is 4. The Kier molecular flexibility index (Phi) is 4.57. The molecule has 1 aromatic heterocycles. The fraction of sp³-hybridized carbons (Fsp3) is 0.556. The molecule has 0 unspecified atom stereocenters. The van der Waals surface area contributed by atoms with Crippen molar-refractivity contribution >= 4 is 17.4 Å². The van der Waals surface area contributed by atoms with Gasteiger partial charge in [-0.3, -0.25) is 0 Å². The lowest BCUT2D eigenvalue weighted by Gasteiger charge is -2.34. The summed E-state index contributed by atoms with van der Waals surface area (Å²) in [5.74, 6) is 0.795. The maximum Gasteiger partial charge on any atom is 0.171 e. The fourth-order valence-corrected chi connectivity index (χ4v) is 1.88. The van der Waals surface area contributed by atoms with Gasteiger partial charge in [0.15, 0.2) is 11.0 Å². The Morgan fingerprint density at radius 1 is 1.47 bits per heavy atom. The average Bonchev–Trinajstić information content (AvgIpc) is 2.20. The first kappa shape index (κ1) is 12.5. The molecule has 2 rings (SSSR count). The Morgan fingerprint density at radius 3 is 2.87 bits per heavy atom. The maximum atomic E-state index is 5.99. The second-order valence-corrected chi connectivity index (χ2v) is 3.78. The molecule has 1 atom stereocenters. The van der Waals surface area contributed by atoms with Crippen molar-refractivity contribution in [2.75, 3.05) is 24.5 Å². The van der Waals surface area contributed by atoms with Crippen molar-refractivity contribution in [3.8, 4) is 0 Å². The molecule has 0 amide bonds. The number of nitrogens with one attached hydrogen (secondary N) is 1. The summed E-state index contributed by atoms with van der Waals surface area (Å²) in [6, 6.07) is 0.415. The van der Waals surface area contributed by atoms with Crippen LogP contribution in [0.15, 0.2) is 12.4 Å². The quantitative estimate of drug-likeness (QED) is 0.620. The predicted octanol–water partition coefficient (Wildman–Crippen LogP) is -2.07. The van der Waals surface area contributed by atoms with Crippen LogP contribution in [0.4, 0.5) is 5.82 Å². The molecule has 4 nitrogen and oxygen atoms in total. The Balaban J connectivity index is 0.00000112. The number of nitrogens with zero attached hydrogens (tertiary/aromatic N) is 3. The zero-order valence-corrected chi connectivity index (χ0v) is 9.96. The van der Waals surface area contributed by atoms with Crippen molar-refractivity contribution in [2.45, 2.75) is 13.0 Å². The van der Waals surface area contributed by atoms with Crippen LogP contribution in [0.25, 0.3) is 0 Å². The molecule has 1 aliphatic rings. The molecule has 84 valence electrons. The highest BCUT2D eigenvalue weighted by molar-refractivity contribution is 6.31. The van der Waals surface area contributed by atoms with Crippen LogP contribution in [0.5, 0.6) is 0 Å². The molecule has 1 aliphatic heterocycles. The smallest absolute Gasteiger partial charge is 0.171 e. The summed E-state index contributed by atoms with van der Waals surface area (Å²) in [5, 5.41) is 3.81. The van der Waals surface area contributed by atoms with Crippen molar-refractivity contribution in [3.63, 3.8) is 0 Å². The first-order valence-electron chi connectivity index (χ1n) is 4.73. The molecule has 1 aromatic rings. The molecule has 1 saturated heterocycles. The van der Waals surface area contributed by atoms with Crippen LogP contribution in [-0.2, 0) is 0 Å². The lowest BCUT2D eigenvalue weighted by Crippen LogP contribution is -3.00. The van der Waals surface area contributed by atoms with Gasteiger partial charge < -0.3 is 22.6 Å². The van der Waals surface area contributed by atoms with Gasteiger partial charge in [-0.25, -0.2) is 9.97 Å². The van der Waals surface area contributed by atoms with Crippen LogP contribution in [0.3, 0.4) is 0 Å². The van der Waals surface area contributed by atoms with E-state index in [2.05, 4.69) is 27.1 Å². The summed E-state index contributed by atoms with van der Waals surface area (Å²) in [6.45, 7) is 5.01. The Labute approximate surface area is 100 Å². The minimum atomic E-state index is 0. The van der Waals surface area contributed by atoms with Gasteiger partial charge in [0.1, 0.15) is 0 Å². The minimum absolute atomic E-state index is 0. The summed E-state index contributed by atoms with van der Waals surface area (Å²) < 4.78 is 0. The van der Waals surface area contributed by atoms with E-state index in [1.807, 2.05) is 0 Å². The molecule has 0 saturated carbocycles. The molecule has 6 heteroatoms. The number of halogens is 2. The lowest BCUT2D eigenvalue weighted by molar-refractivity contribution is -0.00000298. The van der Waals surface area contributed by atoms with Gasteiger partial charge in [-0.2, -0.15) is 0 Å². The summed E-state index contributed by atoms with van der Waals surface area (Å²) in [4.78, 5) is 10.5. The van der Waals surface area contributed by atoms with E-state index in [4.69, 9.17) is 11.6 Å².